The number of rotatable bonds is 6. The third-order valence-corrected chi connectivity index (χ3v) is 8.44. The van der Waals surface area contributed by atoms with Crippen molar-refractivity contribution in [1.82, 2.24) is 0 Å². The van der Waals surface area contributed by atoms with Crippen molar-refractivity contribution in [3.8, 4) is 16.9 Å². The summed E-state index contributed by atoms with van der Waals surface area (Å²) in [4.78, 5) is 40.6. The van der Waals surface area contributed by atoms with E-state index < -0.39 is 0 Å². The average molecular weight is 476 g/mol. The summed E-state index contributed by atoms with van der Waals surface area (Å²) in [6.07, 6.45) is 5.51. The van der Waals surface area contributed by atoms with Crippen LogP contribution in [0.3, 0.4) is 0 Å². The molecule has 0 radical (unpaired) electrons. The van der Waals surface area contributed by atoms with Crippen LogP contribution in [0.25, 0.3) is 11.1 Å². The molecule has 2 saturated carbocycles. The van der Waals surface area contributed by atoms with Gasteiger partial charge in [0.15, 0.2) is 12.4 Å². The molecule has 6 atom stereocenters. The highest BCUT2D eigenvalue weighted by Crippen LogP contribution is 2.65. The fourth-order valence-electron chi connectivity index (χ4n) is 6.61. The van der Waals surface area contributed by atoms with Gasteiger partial charge in [0, 0.05) is 5.56 Å². The van der Waals surface area contributed by atoms with Crippen molar-refractivity contribution in [1.29, 1.82) is 0 Å². The smallest absolute Gasteiger partial charge is 0.238 e. The maximum Gasteiger partial charge on any atom is 0.238 e. The first kappa shape index (κ1) is 21.3. The number of nitrogens with zero attached hydrogens (tertiary/aromatic N) is 1. The summed E-state index contributed by atoms with van der Waals surface area (Å²) in [6, 6.07) is 24.4. The fourth-order valence-corrected chi connectivity index (χ4v) is 6.61. The molecule has 3 aromatic rings. The Balaban J connectivity index is 1.01. The number of amides is 2. The van der Waals surface area contributed by atoms with Crippen molar-refractivity contribution in [2.45, 2.75) is 6.42 Å². The number of anilines is 1. The van der Waals surface area contributed by atoms with Crippen molar-refractivity contribution < 1.29 is 19.1 Å². The van der Waals surface area contributed by atoms with E-state index in [1.54, 1.807) is 24.3 Å². The van der Waals surface area contributed by atoms with Gasteiger partial charge in [0.2, 0.25) is 11.8 Å². The Morgan fingerprint density at radius 1 is 0.750 bits per heavy atom. The molecule has 178 valence electrons. The lowest BCUT2D eigenvalue weighted by Crippen LogP contribution is -2.40. The first-order chi connectivity index (χ1) is 17.6. The monoisotopic (exact) mass is 475 g/mol. The van der Waals surface area contributed by atoms with Crippen LogP contribution in [0.4, 0.5) is 5.69 Å². The predicted molar refractivity (Wildman–Crippen MR) is 135 cm³/mol. The van der Waals surface area contributed by atoms with E-state index in [0.29, 0.717) is 28.8 Å². The SMILES string of the molecule is O=C(COc1ccc(N2C(=O)[C@@H]3[C@H]4C=C[C@@H]([C@@H]5C[C@@H]45)[C@H]3C2=O)cc1)c1ccc(-c2ccccc2)cc1. The molecular weight excluding hydrogens is 450 g/mol. The summed E-state index contributed by atoms with van der Waals surface area (Å²) >= 11 is 0. The van der Waals surface area contributed by atoms with Crippen LogP contribution in [0.1, 0.15) is 16.8 Å². The van der Waals surface area contributed by atoms with Gasteiger partial charge in [0.05, 0.1) is 17.5 Å². The van der Waals surface area contributed by atoms with Gasteiger partial charge in [-0.3, -0.25) is 19.3 Å². The number of hydrogen-bond donors (Lipinski definition) is 0. The van der Waals surface area contributed by atoms with E-state index in [1.807, 2.05) is 54.6 Å². The van der Waals surface area contributed by atoms with Gasteiger partial charge < -0.3 is 4.74 Å². The van der Waals surface area contributed by atoms with Crippen molar-refractivity contribution in [3.63, 3.8) is 0 Å². The number of benzene rings is 3. The van der Waals surface area contributed by atoms with Gasteiger partial charge in [-0.05, 0) is 65.5 Å². The van der Waals surface area contributed by atoms with Gasteiger partial charge in [-0.25, -0.2) is 0 Å². The third-order valence-electron chi connectivity index (χ3n) is 8.44. The first-order valence-corrected chi connectivity index (χ1v) is 12.6. The standard InChI is InChI=1S/C31H25NO4/c33-27(20-8-6-19(7-9-20)18-4-2-1-3-5-18)17-36-22-12-10-21(11-13-22)32-30(34)28-23-14-15-24(26-16-25(23)26)29(28)31(32)35/h1-15,23-26,28-29H,16-17H2/t23-,24-,25-,26-,28+,29+/m0/s1. The topological polar surface area (TPSA) is 63.7 Å². The molecule has 5 heteroatoms. The highest BCUT2D eigenvalue weighted by atomic mass is 16.5. The number of ketones is 1. The number of imide groups is 1. The summed E-state index contributed by atoms with van der Waals surface area (Å²) < 4.78 is 5.72. The van der Waals surface area contributed by atoms with Gasteiger partial charge in [-0.1, -0.05) is 66.7 Å². The zero-order valence-electron chi connectivity index (χ0n) is 19.6. The van der Waals surface area contributed by atoms with Gasteiger partial charge in [0.25, 0.3) is 0 Å². The molecule has 36 heavy (non-hydrogen) atoms. The third kappa shape index (κ3) is 3.26. The van der Waals surface area contributed by atoms with Crippen LogP contribution in [0.15, 0.2) is 91.0 Å². The van der Waals surface area contributed by atoms with E-state index in [0.717, 1.165) is 17.5 Å². The number of carbonyl (C=O) groups is 3. The molecule has 0 aromatic heterocycles. The Kier molecular flexibility index (Phi) is 4.75. The minimum atomic E-state index is -0.210. The quantitative estimate of drug-likeness (QED) is 0.280. The van der Waals surface area contributed by atoms with Crippen LogP contribution < -0.4 is 9.64 Å². The second-order valence-corrected chi connectivity index (χ2v) is 10.3. The maximum atomic E-state index is 13.3. The molecule has 3 aromatic carbocycles. The molecule has 0 N–H and O–H groups in total. The van der Waals surface area contributed by atoms with E-state index in [-0.39, 0.29) is 47.9 Å². The fraction of sp³-hybridized carbons (Fsp3) is 0.258. The molecule has 5 nitrogen and oxygen atoms in total. The Morgan fingerprint density at radius 3 is 1.94 bits per heavy atom. The molecule has 3 fully saturated rings. The molecule has 0 unspecified atom stereocenters. The highest BCUT2D eigenvalue weighted by Gasteiger charge is 2.67. The number of carbonyl (C=O) groups excluding carboxylic acids is 3. The maximum absolute atomic E-state index is 13.3. The second-order valence-electron chi connectivity index (χ2n) is 10.3. The van der Waals surface area contributed by atoms with E-state index >= 15 is 0 Å². The lowest BCUT2D eigenvalue weighted by atomic mass is 9.63. The molecular formula is C31H25NO4. The molecule has 0 spiro atoms. The minimum absolute atomic E-state index is 0.0718. The molecule has 2 amide bonds. The second kappa shape index (κ2) is 8.02. The van der Waals surface area contributed by atoms with E-state index in [2.05, 4.69) is 12.2 Å². The van der Waals surface area contributed by atoms with Crippen molar-refractivity contribution in [2.24, 2.45) is 35.5 Å². The summed E-state index contributed by atoms with van der Waals surface area (Å²) in [5.41, 5.74) is 3.31. The zero-order chi connectivity index (χ0) is 24.4. The van der Waals surface area contributed by atoms with Gasteiger partial charge in [0.1, 0.15) is 5.75 Å². The van der Waals surface area contributed by atoms with Crippen molar-refractivity contribution in [3.05, 3.63) is 96.6 Å². The van der Waals surface area contributed by atoms with E-state index in [4.69, 9.17) is 4.74 Å². The number of Topliss-reactive ketones (excluding diaryl/α,β-unsaturated/α-hetero) is 1. The van der Waals surface area contributed by atoms with Crippen molar-refractivity contribution >= 4 is 23.3 Å². The van der Waals surface area contributed by atoms with Crippen LogP contribution >= 0.6 is 0 Å². The number of ether oxygens (including phenoxy) is 1. The summed E-state index contributed by atoms with van der Waals surface area (Å²) in [5.74, 6) is 1.43. The Hall–Kier alpha value is -3.99. The Bertz CT molecular complexity index is 1360. The normalized spacial score (nSPS) is 29.2. The average Bonchev–Trinajstić information content (AvgIpc) is 3.71. The van der Waals surface area contributed by atoms with Gasteiger partial charge in [-0.2, -0.15) is 0 Å². The van der Waals surface area contributed by atoms with Gasteiger partial charge >= 0.3 is 0 Å². The summed E-state index contributed by atoms with van der Waals surface area (Å²) in [5, 5.41) is 0. The van der Waals surface area contributed by atoms with Crippen LogP contribution in [-0.2, 0) is 9.59 Å². The molecule has 8 rings (SSSR count). The molecule has 1 heterocycles. The van der Waals surface area contributed by atoms with Crippen LogP contribution in [-0.4, -0.2) is 24.2 Å². The molecule has 4 aliphatic carbocycles. The van der Waals surface area contributed by atoms with E-state index in [1.165, 1.54) is 4.90 Å². The van der Waals surface area contributed by atoms with Crippen LogP contribution in [0.2, 0.25) is 0 Å². The zero-order valence-corrected chi connectivity index (χ0v) is 19.6. The lowest BCUT2D eigenvalue weighted by Gasteiger charge is -2.37. The molecule has 1 saturated heterocycles. The number of allylic oxidation sites excluding steroid dienone is 2. The van der Waals surface area contributed by atoms with Gasteiger partial charge in [-0.15, -0.1) is 0 Å². The van der Waals surface area contributed by atoms with Crippen LogP contribution in [0, 0.1) is 35.5 Å². The minimum Gasteiger partial charge on any atom is -0.485 e. The molecule has 1 aliphatic heterocycles. The summed E-state index contributed by atoms with van der Waals surface area (Å²) in [6.45, 7) is -0.0897. The summed E-state index contributed by atoms with van der Waals surface area (Å²) in [7, 11) is 0. The predicted octanol–water partition coefficient (Wildman–Crippen LogP) is 5.17. The first-order valence-electron chi connectivity index (χ1n) is 12.6. The Labute approximate surface area is 209 Å². The van der Waals surface area contributed by atoms with E-state index in [9.17, 15) is 14.4 Å². The molecule has 5 aliphatic rings. The van der Waals surface area contributed by atoms with Crippen molar-refractivity contribution in [2.75, 3.05) is 11.5 Å². The Morgan fingerprint density at radius 2 is 1.33 bits per heavy atom. The number of hydrogen-bond acceptors (Lipinski definition) is 4. The highest BCUT2D eigenvalue weighted by molar-refractivity contribution is 6.22. The molecule has 2 bridgehead atoms. The largest absolute Gasteiger partial charge is 0.485 e. The van der Waals surface area contributed by atoms with Crippen LogP contribution in [0.5, 0.6) is 5.75 Å². The lowest BCUT2D eigenvalue weighted by molar-refractivity contribution is -0.124.